The van der Waals surface area contributed by atoms with Gasteiger partial charge in [0.15, 0.2) is 0 Å². The normalized spacial score (nSPS) is 29.6. The second-order valence-corrected chi connectivity index (χ2v) is 11.1. The van der Waals surface area contributed by atoms with Gasteiger partial charge in [-0.05, 0) is 62.3 Å². The first-order chi connectivity index (χ1) is 15.4. The van der Waals surface area contributed by atoms with Crippen LogP contribution in [0.2, 0.25) is 0 Å². The van der Waals surface area contributed by atoms with Crippen LogP contribution < -0.4 is 0 Å². The predicted octanol–water partition coefficient (Wildman–Crippen LogP) is 3.56. The van der Waals surface area contributed by atoms with Crippen molar-refractivity contribution in [3.05, 3.63) is 65.7 Å². The Morgan fingerprint density at radius 3 is 2.38 bits per heavy atom. The summed E-state index contributed by atoms with van der Waals surface area (Å²) in [4.78, 5) is 15.3. The average Bonchev–Trinajstić information content (AvgIpc) is 3.38. The molecule has 2 aromatic carbocycles. The van der Waals surface area contributed by atoms with E-state index in [0.717, 1.165) is 55.1 Å². The highest BCUT2D eigenvalue weighted by atomic mass is 32.2. The fourth-order valence-corrected chi connectivity index (χ4v) is 7.32. The molecule has 1 saturated carbocycles. The lowest BCUT2D eigenvalue weighted by molar-refractivity contribution is 0.0854. The molecular weight excluding hydrogens is 422 g/mol. The van der Waals surface area contributed by atoms with Crippen LogP contribution in [-0.2, 0) is 15.4 Å². The minimum atomic E-state index is -3.75. The number of hydrogen-bond donors (Lipinski definition) is 0. The Hall–Kier alpha value is -2.69. The highest BCUT2D eigenvalue weighted by molar-refractivity contribution is 7.90. The van der Waals surface area contributed by atoms with Crippen LogP contribution in [0.5, 0.6) is 0 Å². The summed E-state index contributed by atoms with van der Waals surface area (Å²) in [6.45, 7) is 1.95. The maximum atomic E-state index is 12.9. The van der Waals surface area contributed by atoms with Gasteiger partial charge < -0.3 is 4.90 Å². The SMILES string of the molecule is N#CC1(c2ccccc2)CCC(N2CCC(CN3C(=O)c4ccccc4S3(=O)=O)C2)CC1. The zero-order chi connectivity index (χ0) is 22.3. The Morgan fingerprint density at radius 2 is 1.69 bits per heavy atom. The maximum Gasteiger partial charge on any atom is 0.269 e. The number of fused-ring (bicyclic) bond motifs is 1. The molecule has 0 bridgehead atoms. The van der Waals surface area contributed by atoms with Crippen LogP contribution in [0.3, 0.4) is 0 Å². The number of benzene rings is 2. The molecular formula is C25H27N3O3S. The largest absolute Gasteiger partial charge is 0.300 e. The molecule has 32 heavy (non-hydrogen) atoms. The number of carbonyl (C=O) groups is 1. The van der Waals surface area contributed by atoms with Crippen molar-refractivity contribution in [2.75, 3.05) is 19.6 Å². The number of carbonyl (C=O) groups excluding carboxylic acids is 1. The summed E-state index contributed by atoms with van der Waals surface area (Å²) in [6, 6.07) is 19.6. The smallest absolute Gasteiger partial charge is 0.269 e. The zero-order valence-electron chi connectivity index (χ0n) is 18.0. The van der Waals surface area contributed by atoms with Crippen molar-refractivity contribution in [3.8, 4) is 6.07 Å². The fraction of sp³-hybridized carbons (Fsp3) is 0.440. The Labute approximate surface area is 189 Å². The first-order valence-electron chi connectivity index (χ1n) is 11.3. The molecule has 0 radical (unpaired) electrons. The molecule has 6 nitrogen and oxygen atoms in total. The van der Waals surface area contributed by atoms with E-state index in [4.69, 9.17) is 0 Å². The van der Waals surface area contributed by atoms with Gasteiger partial charge in [0, 0.05) is 19.1 Å². The fourth-order valence-electron chi connectivity index (χ4n) is 5.67. The molecule has 2 aromatic rings. The average molecular weight is 450 g/mol. The third kappa shape index (κ3) is 3.42. The maximum absolute atomic E-state index is 12.9. The van der Waals surface area contributed by atoms with Crippen LogP contribution >= 0.6 is 0 Å². The van der Waals surface area contributed by atoms with Gasteiger partial charge >= 0.3 is 0 Å². The molecule has 166 valence electrons. The van der Waals surface area contributed by atoms with Crippen molar-refractivity contribution in [2.24, 2.45) is 5.92 Å². The van der Waals surface area contributed by atoms with E-state index in [1.165, 1.54) is 6.07 Å². The molecule has 2 aliphatic heterocycles. The number of sulfonamides is 1. The van der Waals surface area contributed by atoms with Gasteiger partial charge in [-0.2, -0.15) is 5.26 Å². The number of likely N-dealkylation sites (tertiary alicyclic amines) is 1. The van der Waals surface area contributed by atoms with E-state index in [1.807, 2.05) is 18.2 Å². The molecule has 7 heteroatoms. The van der Waals surface area contributed by atoms with E-state index in [1.54, 1.807) is 18.2 Å². The predicted molar refractivity (Wildman–Crippen MR) is 120 cm³/mol. The molecule has 1 aliphatic carbocycles. The van der Waals surface area contributed by atoms with Crippen LogP contribution in [0.25, 0.3) is 0 Å². The van der Waals surface area contributed by atoms with Crippen LogP contribution in [0, 0.1) is 17.2 Å². The van der Waals surface area contributed by atoms with Crippen molar-refractivity contribution in [3.63, 3.8) is 0 Å². The molecule has 0 aromatic heterocycles. The van der Waals surface area contributed by atoms with Crippen molar-refractivity contribution < 1.29 is 13.2 Å². The third-order valence-corrected chi connectivity index (χ3v) is 9.33. The summed E-state index contributed by atoms with van der Waals surface area (Å²) < 4.78 is 26.8. The summed E-state index contributed by atoms with van der Waals surface area (Å²) in [6.07, 6.45) is 4.48. The van der Waals surface area contributed by atoms with E-state index >= 15 is 0 Å². The highest BCUT2D eigenvalue weighted by Gasteiger charge is 2.44. The quantitative estimate of drug-likeness (QED) is 0.713. The lowest BCUT2D eigenvalue weighted by Gasteiger charge is -2.39. The second-order valence-electron chi connectivity index (χ2n) is 9.28. The van der Waals surface area contributed by atoms with Crippen LogP contribution in [0.4, 0.5) is 0 Å². The Balaban J connectivity index is 1.22. The highest BCUT2D eigenvalue weighted by Crippen LogP contribution is 2.41. The molecule has 5 rings (SSSR count). The second kappa shape index (κ2) is 8.02. The van der Waals surface area contributed by atoms with Crippen LogP contribution in [0.1, 0.15) is 48.0 Å². The molecule has 1 amide bonds. The van der Waals surface area contributed by atoms with Gasteiger partial charge in [0.2, 0.25) is 0 Å². The lowest BCUT2D eigenvalue weighted by Crippen LogP contribution is -2.42. The molecule has 1 unspecified atom stereocenters. The third-order valence-electron chi connectivity index (χ3n) is 7.52. The van der Waals surface area contributed by atoms with E-state index < -0.39 is 21.3 Å². The topological polar surface area (TPSA) is 81.5 Å². The minimum Gasteiger partial charge on any atom is -0.300 e. The van der Waals surface area contributed by atoms with E-state index in [-0.39, 0.29) is 22.9 Å². The molecule has 1 atom stereocenters. The number of hydrogen-bond acceptors (Lipinski definition) is 5. The van der Waals surface area contributed by atoms with Crippen molar-refractivity contribution in [1.82, 2.24) is 9.21 Å². The number of nitriles is 1. The summed E-state index contributed by atoms with van der Waals surface area (Å²) in [5.74, 6) is -0.266. The van der Waals surface area contributed by atoms with E-state index in [9.17, 15) is 18.5 Å². The van der Waals surface area contributed by atoms with Gasteiger partial charge in [0.25, 0.3) is 15.9 Å². The van der Waals surface area contributed by atoms with Crippen molar-refractivity contribution in [1.29, 1.82) is 5.26 Å². The molecule has 0 spiro atoms. The first-order valence-corrected chi connectivity index (χ1v) is 12.8. The van der Waals surface area contributed by atoms with Crippen molar-refractivity contribution >= 4 is 15.9 Å². The van der Waals surface area contributed by atoms with Gasteiger partial charge in [-0.3, -0.25) is 4.79 Å². The van der Waals surface area contributed by atoms with Crippen LogP contribution in [-0.4, -0.2) is 49.2 Å². The molecule has 0 N–H and O–H groups in total. The summed E-state index contributed by atoms with van der Waals surface area (Å²) in [5, 5.41) is 9.94. The molecule has 3 aliphatic rings. The summed E-state index contributed by atoms with van der Waals surface area (Å²) >= 11 is 0. The zero-order valence-corrected chi connectivity index (χ0v) is 18.8. The van der Waals surface area contributed by atoms with Crippen molar-refractivity contribution in [2.45, 2.75) is 48.5 Å². The van der Waals surface area contributed by atoms with Gasteiger partial charge in [-0.25, -0.2) is 12.7 Å². The molecule has 2 fully saturated rings. The van der Waals surface area contributed by atoms with E-state index in [0.29, 0.717) is 6.04 Å². The number of nitrogens with zero attached hydrogens (tertiary/aromatic N) is 3. The number of rotatable bonds is 4. The minimum absolute atomic E-state index is 0.126. The van der Waals surface area contributed by atoms with Gasteiger partial charge in [-0.15, -0.1) is 0 Å². The Morgan fingerprint density at radius 1 is 1.00 bits per heavy atom. The number of amides is 1. The van der Waals surface area contributed by atoms with Gasteiger partial charge in [0.1, 0.15) is 4.90 Å². The van der Waals surface area contributed by atoms with E-state index in [2.05, 4.69) is 23.1 Å². The molecule has 2 heterocycles. The van der Waals surface area contributed by atoms with Crippen LogP contribution in [0.15, 0.2) is 59.5 Å². The Bertz CT molecular complexity index is 1160. The summed E-state index contributed by atoms with van der Waals surface area (Å²) in [7, 11) is -3.75. The van der Waals surface area contributed by atoms with Gasteiger partial charge in [-0.1, -0.05) is 42.5 Å². The van der Waals surface area contributed by atoms with Gasteiger partial charge in [0.05, 0.1) is 17.0 Å². The monoisotopic (exact) mass is 449 g/mol. The summed E-state index contributed by atoms with van der Waals surface area (Å²) in [5.41, 5.74) is 0.986. The lowest BCUT2D eigenvalue weighted by atomic mass is 9.69. The Kier molecular flexibility index (Phi) is 5.31. The first kappa shape index (κ1) is 21.2. The standard InChI is InChI=1S/C25H27N3O3S/c26-18-25(20-6-2-1-3-7-20)13-10-21(11-14-25)27-15-12-19(16-27)17-28-24(29)22-8-4-5-9-23(22)32(28,30)31/h1-9,19,21H,10-17H2. The molecule has 1 saturated heterocycles.